The highest BCUT2D eigenvalue weighted by Gasteiger charge is 2.22. The van der Waals surface area contributed by atoms with Crippen LogP contribution >= 0.6 is 11.3 Å². The van der Waals surface area contributed by atoms with Crippen LogP contribution in [0.15, 0.2) is 40.2 Å². The Morgan fingerprint density at radius 3 is 2.67 bits per heavy atom. The first-order valence-electron chi connectivity index (χ1n) is 8.46. The number of nitrogens with zero attached hydrogens (tertiary/aromatic N) is 2. The number of hydrogen-bond acceptors (Lipinski definition) is 7. The van der Waals surface area contributed by atoms with Gasteiger partial charge in [0.1, 0.15) is 0 Å². The number of anilines is 1. The summed E-state index contributed by atoms with van der Waals surface area (Å²) in [5, 5.41) is 8.58. The molecule has 0 aliphatic heterocycles. The molecule has 3 rings (SSSR count). The van der Waals surface area contributed by atoms with Crippen LogP contribution < -0.4 is 5.32 Å². The molecule has 0 saturated heterocycles. The normalized spacial score (nSPS) is 11.8. The molecule has 1 atom stereocenters. The van der Waals surface area contributed by atoms with E-state index in [1.807, 2.05) is 17.5 Å². The molecule has 0 aliphatic carbocycles. The van der Waals surface area contributed by atoms with Gasteiger partial charge >= 0.3 is 5.97 Å². The average molecular weight is 385 g/mol. The van der Waals surface area contributed by atoms with Gasteiger partial charge in [-0.25, -0.2) is 9.78 Å². The number of nitrogens with one attached hydrogen (secondary N) is 1. The Morgan fingerprint density at radius 1 is 1.30 bits per heavy atom. The van der Waals surface area contributed by atoms with E-state index in [-0.39, 0.29) is 5.76 Å². The number of ether oxygens (including phenoxy) is 1. The minimum atomic E-state index is -1.00. The van der Waals surface area contributed by atoms with Crippen LogP contribution in [0.1, 0.15) is 35.7 Å². The molecule has 8 heteroatoms. The summed E-state index contributed by atoms with van der Waals surface area (Å²) in [5.41, 5.74) is 3.56. The maximum atomic E-state index is 12.2. The molecule has 0 aliphatic rings. The molecule has 2 heterocycles. The lowest BCUT2D eigenvalue weighted by Gasteiger charge is -2.10. The van der Waals surface area contributed by atoms with Crippen LogP contribution in [0, 0.1) is 6.92 Å². The number of carbonyl (C=O) groups is 2. The van der Waals surface area contributed by atoms with Crippen molar-refractivity contribution in [3.63, 3.8) is 0 Å². The summed E-state index contributed by atoms with van der Waals surface area (Å²) < 4.78 is 9.92. The molecule has 27 heavy (non-hydrogen) atoms. The van der Waals surface area contributed by atoms with Crippen molar-refractivity contribution >= 4 is 28.3 Å². The monoisotopic (exact) mass is 385 g/mol. The Balaban J connectivity index is 1.60. The van der Waals surface area contributed by atoms with Crippen molar-refractivity contribution in [1.29, 1.82) is 0 Å². The van der Waals surface area contributed by atoms with Crippen LogP contribution in [-0.4, -0.2) is 28.1 Å². The van der Waals surface area contributed by atoms with Crippen LogP contribution in [0.5, 0.6) is 0 Å². The lowest BCUT2D eigenvalue weighted by atomic mass is 10.1. The molecular formula is C19H19N3O4S. The maximum absolute atomic E-state index is 12.2. The summed E-state index contributed by atoms with van der Waals surface area (Å²) in [4.78, 5) is 28.6. The fraction of sp³-hybridized carbons (Fsp3) is 0.263. The third kappa shape index (κ3) is 4.59. The van der Waals surface area contributed by atoms with Gasteiger partial charge in [-0.05, 0) is 25.8 Å². The van der Waals surface area contributed by atoms with E-state index >= 15 is 0 Å². The summed E-state index contributed by atoms with van der Waals surface area (Å²) in [6, 6.07) is 9.57. The van der Waals surface area contributed by atoms with Crippen LogP contribution in [0.2, 0.25) is 0 Å². The highest BCUT2D eigenvalue weighted by Crippen LogP contribution is 2.25. The first-order chi connectivity index (χ1) is 13.0. The van der Waals surface area contributed by atoms with Crippen molar-refractivity contribution in [1.82, 2.24) is 10.1 Å². The second kappa shape index (κ2) is 8.13. The molecule has 3 aromatic rings. The zero-order valence-electron chi connectivity index (χ0n) is 15.2. The van der Waals surface area contributed by atoms with Gasteiger partial charge in [-0.2, -0.15) is 0 Å². The molecular weight excluding hydrogens is 366 g/mol. The lowest BCUT2D eigenvalue weighted by molar-refractivity contribution is -0.123. The fourth-order valence-corrected chi connectivity index (χ4v) is 3.04. The van der Waals surface area contributed by atoms with Crippen LogP contribution in [0.4, 0.5) is 5.13 Å². The number of thiazole rings is 1. The zero-order chi connectivity index (χ0) is 19.4. The number of carbonyl (C=O) groups excluding carboxylic acids is 2. The third-order valence-electron chi connectivity index (χ3n) is 3.87. The van der Waals surface area contributed by atoms with E-state index in [0.29, 0.717) is 10.8 Å². The standard InChI is InChI=1S/C19H19N3O4S/c1-4-13-5-7-14(8-6-13)15-10-27-19(20-15)21-17(23)12(3)25-18(24)16-9-11(2)22-26-16/h5-10,12H,4H2,1-3H3,(H,20,21,23)/t12-/m1/s1. The molecule has 0 bridgehead atoms. The van der Waals surface area contributed by atoms with E-state index in [0.717, 1.165) is 17.7 Å². The molecule has 0 fully saturated rings. The van der Waals surface area contributed by atoms with Gasteiger partial charge in [0.05, 0.1) is 11.4 Å². The number of esters is 1. The Morgan fingerprint density at radius 2 is 2.04 bits per heavy atom. The first kappa shape index (κ1) is 18.8. The molecule has 1 N–H and O–H groups in total. The first-order valence-corrected chi connectivity index (χ1v) is 9.34. The van der Waals surface area contributed by atoms with Gasteiger partial charge in [0.15, 0.2) is 11.2 Å². The average Bonchev–Trinajstić information content (AvgIpc) is 3.31. The highest BCUT2D eigenvalue weighted by atomic mass is 32.1. The van der Waals surface area contributed by atoms with E-state index in [1.165, 1.54) is 29.9 Å². The number of amides is 1. The van der Waals surface area contributed by atoms with Gasteiger partial charge in [-0.15, -0.1) is 11.3 Å². The van der Waals surface area contributed by atoms with Gasteiger partial charge in [-0.1, -0.05) is 36.3 Å². The number of hydrogen-bond donors (Lipinski definition) is 1. The fourth-order valence-electron chi connectivity index (χ4n) is 2.31. The number of aromatic nitrogens is 2. The van der Waals surface area contributed by atoms with Crippen LogP contribution in [0.3, 0.4) is 0 Å². The van der Waals surface area contributed by atoms with E-state index in [4.69, 9.17) is 9.26 Å². The van der Waals surface area contributed by atoms with E-state index in [1.54, 1.807) is 6.92 Å². The van der Waals surface area contributed by atoms with Crippen molar-refractivity contribution in [2.45, 2.75) is 33.3 Å². The lowest BCUT2D eigenvalue weighted by Crippen LogP contribution is -2.29. The van der Waals surface area contributed by atoms with Crippen LogP contribution in [0.25, 0.3) is 11.3 Å². The SMILES string of the molecule is CCc1ccc(-c2csc(NC(=O)[C@@H](C)OC(=O)c3cc(C)no3)n2)cc1. The summed E-state index contributed by atoms with van der Waals surface area (Å²) in [6.45, 7) is 5.27. The molecule has 1 amide bonds. The van der Waals surface area contributed by atoms with E-state index in [9.17, 15) is 9.59 Å². The molecule has 140 valence electrons. The van der Waals surface area contributed by atoms with Crippen molar-refractivity contribution in [2.75, 3.05) is 5.32 Å². The minimum absolute atomic E-state index is 0.0424. The van der Waals surface area contributed by atoms with E-state index < -0.39 is 18.0 Å². The van der Waals surface area contributed by atoms with Gasteiger partial charge in [0, 0.05) is 17.0 Å². The number of rotatable bonds is 6. The van der Waals surface area contributed by atoms with Crippen molar-refractivity contribution in [3.8, 4) is 11.3 Å². The maximum Gasteiger partial charge on any atom is 0.377 e. The second-order valence-corrected chi connectivity index (χ2v) is 6.82. The van der Waals surface area contributed by atoms with Crippen molar-refractivity contribution in [3.05, 3.63) is 52.7 Å². The minimum Gasteiger partial charge on any atom is -0.447 e. The molecule has 0 unspecified atom stereocenters. The van der Waals surface area contributed by atoms with Gasteiger partial charge in [0.2, 0.25) is 5.76 Å². The largest absolute Gasteiger partial charge is 0.447 e. The van der Waals surface area contributed by atoms with Crippen molar-refractivity contribution < 1.29 is 18.8 Å². The quantitative estimate of drug-likeness (QED) is 0.648. The number of benzene rings is 1. The molecule has 1 aromatic carbocycles. The predicted octanol–water partition coefficient (Wildman–Crippen LogP) is 3.85. The van der Waals surface area contributed by atoms with Gasteiger partial charge in [0.25, 0.3) is 5.91 Å². The number of aryl methyl sites for hydroxylation is 2. The Labute approximate surface area is 160 Å². The summed E-state index contributed by atoms with van der Waals surface area (Å²) in [7, 11) is 0. The molecule has 0 radical (unpaired) electrons. The summed E-state index contributed by atoms with van der Waals surface area (Å²) >= 11 is 1.31. The zero-order valence-corrected chi connectivity index (χ0v) is 16.0. The van der Waals surface area contributed by atoms with E-state index in [2.05, 4.69) is 34.5 Å². The Hall–Kier alpha value is -3.00. The van der Waals surface area contributed by atoms with Crippen LogP contribution in [-0.2, 0) is 16.0 Å². The van der Waals surface area contributed by atoms with Gasteiger partial charge < -0.3 is 9.26 Å². The topological polar surface area (TPSA) is 94.3 Å². The molecule has 7 nitrogen and oxygen atoms in total. The molecule has 2 aromatic heterocycles. The Bertz CT molecular complexity index is 946. The summed E-state index contributed by atoms with van der Waals surface area (Å²) in [6.07, 6.45) is -0.0257. The Kier molecular flexibility index (Phi) is 5.66. The predicted molar refractivity (Wildman–Crippen MR) is 102 cm³/mol. The highest BCUT2D eigenvalue weighted by molar-refractivity contribution is 7.14. The molecule has 0 saturated carbocycles. The van der Waals surface area contributed by atoms with Crippen molar-refractivity contribution in [2.24, 2.45) is 0 Å². The molecule has 0 spiro atoms. The second-order valence-electron chi connectivity index (χ2n) is 5.96. The summed E-state index contributed by atoms with van der Waals surface area (Å²) in [5.74, 6) is -1.25. The smallest absolute Gasteiger partial charge is 0.377 e. The third-order valence-corrected chi connectivity index (χ3v) is 4.63. The van der Waals surface area contributed by atoms with Gasteiger partial charge in [-0.3, -0.25) is 10.1 Å².